The van der Waals surface area contributed by atoms with E-state index in [1.807, 2.05) is 0 Å². The normalized spacial score (nSPS) is 10.3. The van der Waals surface area contributed by atoms with Crippen molar-refractivity contribution in [3.63, 3.8) is 0 Å². The summed E-state index contributed by atoms with van der Waals surface area (Å²) in [5.74, 6) is -0.312. The molecule has 0 unspecified atom stereocenters. The zero-order chi connectivity index (χ0) is 14.7. The first-order valence-electron chi connectivity index (χ1n) is 5.59. The number of rotatable bonds is 4. The van der Waals surface area contributed by atoms with Gasteiger partial charge in [0.15, 0.2) is 0 Å². The van der Waals surface area contributed by atoms with Crippen LogP contribution in [0.25, 0.3) is 0 Å². The van der Waals surface area contributed by atoms with E-state index in [9.17, 15) is 14.5 Å². The van der Waals surface area contributed by atoms with E-state index in [1.165, 1.54) is 12.1 Å². The summed E-state index contributed by atoms with van der Waals surface area (Å²) < 4.78 is 14.7. The SMILES string of the molecule is O=[N+]([O-])c1ccc(NCc2ccc(Br)cc2F)cc1Br. The molecule has 0 aliphatic heterocycles. The first kappa shape index (κ1) is 14.9. The molecule has 0 saturated heterocycles. The molecule has 2 rings (SSSR count). The summed E-state index contributed by atoms with van der Waals surface area (Å²) in [5.41, 5.74) is 1.18. The minimum absolute atomic E-state index is 0.00891. The average molecular weight is 404 g/mol. The number of halogens is 3. The molecule has 0 bridgehead atoms. The maximum atomic E-state index is 13.6. The van der Waals surface area contributed by atoms with Gasteiger partial charge in [0.2, 0.25) is 0 Å². The number of hydrogen-bond donors (Lipinski definition) is 1. The van der Waals surface area contributed by atoms with E-state index in [-0.39, 0.29) is 11.5 Å². The first-order valence-corrected chi connectivity index (χ1v) is 7.17. The highest BCUT2D eigenvalue weighted by molar-refractivity contribution is 9.10. The number of nitrogens with one attached hydrogen (secondary N) is 1. The van der Waals surface area contributed by atoms with Crippen molar-refractivity contribution in [2.45, 2.75) is 6.54 Å². The van der Waals surface area contributed by atoms with Crippen LogP contribution in [0.2, 0.25) is 0 Å². The van der Waals surface area contributed by atoms with Gasteiger partial charge in [0, 0.05) is 28.3 Å². The Morgan fingerprint density at radius 3 is 2.55 bits per heavy atom. The molecule has 0 radical (unpaired) electrons. The van der Waals surface area contributed by atoms with Crippen LogP contribution in [-0.4, -0.2) is 4.92 Å². The molecule has 1 N–H and O–H groups in total. The van der Waals surface area contributed by atoms with Crippen LogP contribution in [0.5, 0.6) is 0 Å². The van der Waals surface area contributed by atoms with Crippen LogP contribution < -0.4 is 5.32 Å². The molecule has 0 atom stereocenters. The number of nitrogens with zero attached hydrogens (tertiary/aromatic N) is 1. The third kappa shape index (κ3) is 3.55. The minimum atomic E-state index is -0.470. The molecule has 0 aliphatic carbocycles. The van der Waals surface area contributed by atoms with Gasteiger partial charge >= 0.3 is 0 Å². The van der Waals surface area contributed by atoms with E-state index in [0.717, 1.165) is 0 Å². The second-order valence-electron chi connectivity index (χ2n) is 4.01. The molecule has 2 aromatic carbocycles. The lowest BCUT2D eigenvalue weighted by Crippen LogP contribution is -2.02. The summed E-state index contributed by atoms with van der Waals surface area (Å²) in [6.45, 7) is 0.295. The van der Waals surface area contributed by atoms with Gasteiger partial charge in [0.05, 0.1) is 9.40 Å². The lowest BCUT2D eigenvalue weighted by Gasteiger charge is -2.08. The van der Waals surface area contributed by atoms with E-state index in [0.29, 0.717) is 26.7 Å². The van der Waals surface area contributed by atoms with Gasteiger partial charge in [-0.3, -0.25) is 10.1 Å². The molecule has 0 aromatic heterocycles. The Morgan fingerprint density at radius 2 is 1.95 bits per heavy atom. The van der Waals surface area contributed by atoms with Gasteiger partial charge in [-0.2, -0.15) is 0 Å². The molecule has 0 amide bonds. The Hall–Kier alpha value is -1.47. The number of nitro groups is 1. The summed E-state index contributed by atoms with van der Waals surface area (Å²) in [4.78, 5) is 10.2. The van der Waals surface area contributed by atoms with E-state index >= 15 is 0 Å². The molecule has 0 saturated carbocycles. The lowest BCUT2D eigenvalue weighted by molar-refractivity contribution is -0.385. The van der Waals surface area contributed by atoms with Gasteiger partial charge in [0.25, 0.3) is 5.69 Å². The Morgan fingerprint density at radius 1 is 1.20 bits per heavy atom. The second kappa shape index (κ2) is 6.32. The van der Waals surface area contributed by atoms with Gasteiger partial charge in [-0.05, 0) is 40.2 Å². The molecular weight excluding hydrogens is 395 g/mol. The molecule has 0 heterocycles. The smallest absolute Gasteiger partial charge is 0.283 e. The van der Waals surface area contributed by atoms with Crippen molar-refractivity contribution in [2.24, 2.45) is 0 Å². The van der Waals surface area contributed by atoms with Crippen molar-refractivity contribution < 1.29 is 9.31 Å². The molecule has 7 heteroatoms. The minimum Gasteiger partial charge on any atom is -0.381 e. The second-order valence-corrected chi connectivity index (χ2v) is 5.78. The fourth-order valence-electron chi connectivity index (χ4n) is 1.63. The molecule has 104 valence electrons. The van der Waals surface area contributed by atoms with Crippen molar-refractivity contribution in [3.05, 3.63) is 66.8 Å². The van der Waals surface area contributed by atoms with Crippen molar-refractivity contribution in [2.75, 3.05) is 5.32 Å². The van der Waals surface area contributed by atoms with Gasteiger partial charge in [-0.25, -0.2) is 4.39 Å². The summed E-state index contributed by atoms with van der Waals surface area (Å²) >= 11 is 6.33. The van der Waals surface area contributed by atoms with E-state index in [1.54, 1.807) is 24.3 Å². The quantitative estimate of drug-likeness (QED) is 0.585. The van der Waals surface area contributed by atoms with Crippen LogP contribution in [-0.2, 0) is 6.54 Å². The third-order valence-electron chi connectivity index (χ3n) is 2.64. The highest BCUT2D eigenvalue weighted by atomic mass is 79.9. The van der Waals surface area contributed by atoms with Crippen LogP contribution in [0.4, 0.5) is 15.8 Å². The van der Waals surface area contributed by atoms with Gasteiger partial charge in [-0.15, -0.1) is 0 Å². The number of hydrogen-bond acceptors (Lipinski definition) is 3. The molecule has 0 aliphatic rings. The maximum Gasteiger partial charge on any atom is 0.283 e. The molecular formula is C13H9Br2FN2O2. The molecule has 0 spiro atoms. The zero-order valence-electron chi connectivity index (χ0n) is 10.1. The van der Waals surface area contributed by atoms with Crippen molar-refractivity contribution in [3.8, 4) is 0 Å². The Balaban J connectivity index is 2.11. The first-order chi connectivity index (χ1) is 9.47. The lowest BCUT2D eigenvalue weighted by atomic mass is 10.2. The van der Waals surface area contributed by atoms with Crippen molar-refractivity contribution >= 4 is 43.2 Å². The van der Waals surface area contributed by atoms with E-state index in [2.05, 4.69) is 37.2 Å². The van der Waals surface area contributed by atoms with Crippen molar-refractivity contribution in [1.82, 2.24) is 0 Å². The largest absolute Gasteiger partial charge is 0.381 e. The zero-order valence-corrected chi connectivity index (χ0v) is 13.2. The van der Waals surface area contributed by atoms with Crippen molar-refractivity contribution in [1.29, 1.82) is 0 Å². The fraction of sp³-hybridized carbons (Fsp3) is 0.0769. The van der Waals surface area contributed by atoms with Crippen LogP contribution in [0.1, 0.15) is 5.56 Å². The predicted octanol–water partition coefficient (Wildman–Crippen LogP) is 4.87. The summed E-state index contributed by atoms with van der Waals surface area (Å²) in [6, 6.07) is 9.39. The Bertz CT molecular complexity index is 665. The van der Waals surface area contributed by atoms with Gasteiger partial charge in [-0.1, -0.05) is 22.0 Å². The van der Waals surface area contributed by atoms with E-state index in [4.69, 9.17) is 0 Å². The summed E-state index contributed by atoms with van der Waals surface area (Å²) in [5, 5.41) is 13.7. The van der Waals surface area contributed by atoms with Crippen LogP contribution in [0.15, 0.2) is 45.3 Å². The van der Waals surface area contributed by atoms with Gasteiger partial charge in [0.1, 0.15) is 5.82 Å². The number of anilines is 1. The predicted molar refractivity (Wildman–Crippen MR) is 82.2 cm³/mol. The summed E-state index contributed by atoms with van der Waals surface area (Å²) in [6.07, 6.45) is 0. The third-order valence-corrected chi connectivity index (χ3v) is 3.77. The molecule has 20 heavy (non-hydrogen) atoms. The number of nitro benzene ring substituents is 1. The van der Waals surface area contributed by atoms with Gasteiger partial charge < -0.3 is 5.32 Å². The maximum absolute atomic E-state index is 13.6. The standard InChI is InChI=1S/C13H9Br2FN2O2/c14-9-2-1-8(12(16)5-9)7-17-10-3-4-13(18(19)20)11(15)6-10/h1-6,17H,7H2. The average Bonchev–Trinajstić information content (AvgIpc) is 2.37. The Labute approximate surface area is 131 Å². The molecule has 0 fully saturated rings. The fourth-order valence-corrected chi connectivity index (χ4v) is 2.48. The van der Waals surface area contributed by atoms with Crippen LogP contribution in [0.3, 0.4) is 0 Å². The topological polar surface area (TPSA) is 55.2 Å². The summed E-state index contributed by atoms with van der Waals surface area (Å²) in [7, 11) is 0. The highest BCUT2D eigenvalue weighted by Gasteiger charge is 2.11. The Kier molecular flexibility index (Phi) is 4.72. The molecule has 4 nitrogen and oxygen atoms in total. The van der Waals surface area contributed by atoms with Crippen LogP contribution in [0, 0.1) is 15.9 Å². The van der Waals surface area contributed by atoms with Crippen LogP contribution >= 0.6 is 31.9 Å². The highest BCUT2D eigenvalue weighted by Crippen LogP contribution is 2.28. The number of benzene rings is 2. The van der Waals surface area contributed by atoms with E-state index < -0.39 is 4.92 Å². The monoisotopic (exact) mass is 402 g/mol. The molecule has 2 aromatic rings.